The monoisotopic (exact) mass is 444 g/mol. The standard InChI is InChI=1S/C30H52O2/c1-24(2)14-11-18-27(6)20-12-19-26(5)16-9-10-17-28(7)21-22-29(31)30(8,32)23-13-15-25(3)4/h14-17,20,29,31-32H,9-13,18-19,21-23H2,1-8H3. The first-order valence-electron chi connectivity index (χ1n) is 12.6. The van der Waals surface area contributed by atoms with E-state index >= 15 is 0 Å². The van der Waals surface area contributed by atoms with Gasteiger partial charge in [-0.3, -0.25) is 0 Å². The summed E-state index contributed by atoms with van der Waals surface area (Å²) in [6.45, 7) is 16.8. The van der Waals surface area contributed by atoms with Crippen LogP contribution in [-0.2, 0) is 0 Å². The molecule has 0 amide bonds. The molecule has 0 radical (unpaired) electrons. The van der Waals surface area contributed by atoms with Crippen LogP contribution in [0.15, 0.2) is 58.2 Å². The first-order valence-corrected chi connectivity index (χ1v) is 12.6. The summed E-state index contributed by atoms with van der Waals surface area (Å²) in [6, 6.07) is 0. The van der Waals surface area contributed by atoms with Crippen molar-refractivity contribution >= 4 is 0 Å². The number of unbranched alkanes of at least 4 members (excludes halogenated alkanes) is 1. The van der Waals surface area contributed by atoms with Gasteiger partial charge in [0.15, 0.2) is 0 Å². The molecule has 0 aromatic heterocycles. The second kappa shape index (κ2) is 17.1. The Hall–Kier alpha value is -1.38. The van der Waals surface area contributed by atoms with Crippen molar-refractivity contribution in [2.45, 2.75) is 131 Å². The molecule has 2 atom stereocenters. The molecule has 0 bridgehead atoms. The van der Waals surface area contributed by atoms with Crippen molar-refractivity contribution in [1.82, 2.24) is 0 Å². The Bertz CT molecular complexity index is 663. The zero-order valence-corrected chi connectivity index (χ0v) is 22.4. The largest absolute Gasteiger partial charge is 0.390 e. The summed E-state index contributed by atoms with van der Waals surface area (Å²) in [5, 5.41) is 21.0. The first-order chi connectivity index (χ1) is 14.9. The van der Waals surface area contributed by atoms with Gasteiger partial charge in [-0.2, -0.15) is 0 Å². The molecule has 0 aliphatic rings. The molecule has 0 heterocycles. The fourth-order valence-electron chi connectivity index (χ4n) is 3.60. The maximum atomic E-state index is 10.5. The van der Waals surface area contributed by atoms with Gasteiger partial charge in [-0.15, -0.1) is 0 Å². The quantitative estimate of drug-likeness (QED) is 0.184. The van der Waals surface area contributed by atoms with E-state index in [-0.39, 0.29) is 0 Å². The number of hydrogen-bond acceptors (Lipinski definition) is 2. The van der Waals surface area contributed by atoms with Gasteiger partial charge < -0.3 is 10.2 Å². The fourth-order valence-corrected chi connectivity index (χ4v) is 3.60. The zero-order chi connectivity index (χ0) is 24.6. The average Bonchev–Trinajstić information content (AvgIpc) is 2.68. The molecule has 2 unspecified atom stereocenters. The van der Waals surface area contributed by atoms with Gasteiger partial charge in [-0.1, -0.05) is 58.2 Å². The van der Waals surface area contributed by atoms with E-state index in [4.69, 9.17) is 0 Å². The van der Waals surface area contributed by atoms with Crippen LogP contribution in [0.2, 0.25) is 0 Å². The van der Waals surface area contributed by atoms with Gasteiger partial charge in [0.2, 0.25) is 0 Å². The third-order valence-corrected chi connectivity index (χ3v) is 6.01. The van der Waals surface area contributed by atoms with Crippen molar-refractivity contribution in [3.63, 3.8) is 0 Å². The van der Waals surface area contributed by atoms with E-state index in [0.29, 0.717) is 12.8 Å². The SMILES string of the molecule is CC(C)=CCCC(C)=CCCC(C)=CCCC=C(C)CCC(O)C(C)(O)CCC=C(C)C. The van der Waals surface area contributed by atoms with Gasteiger partial charge in [0.05, 0.1) is 11.7 Å². The number of aliphatic hydroxyl groups excluding tert-OH is 1. The molecule has 0 aromatic carbocycles. The average molecular weight is 445 g/mol. The molecule has 2 nitrogen and oxygen atoms in total. The van der Waals surface area contributed by atoms with Crippen molar-refractivity contribution in [3.8, 4) is 0 Å². The van der Waals surface area contributed by atoms with Crippen molar-refractivity contribution in [2.75, 3.05) is 0 Å². The second-order valence-corrected chi connectivity index (χ2v) is 10.3. The zero-order valence-electron chi connectivity index (χ0n) is 22.4. The van der Waals surface area contributed by atoms with Crippen LogP contribution in [0.1, 0.15) is 120 Å². The Morgan fingerprint density at radius 2 is 1.03 bits per heavy atom. The van der Waals surface area contributed by atoms with Crippen LogP contribution in [0.4, 0.5) is 0 Å². The van der Waals surface area contributed by atoms with Gasteiger partial charge in [0, 0.05) is 0 Å². The van der Waals surface area contributed by atoms with Crippen LogP contribution in [0.5, 0.6) is 0 Å². The third kappa shape index (κ3) is 17.2. The van der Waals surface area contributed by atoms with Crippen LogP contribution in [-0.4, -0.2) is 21.9 Å². The molecule has 0 saturated carbocycles. The molecule has 2 heteroatoms. The molecular weight excluding hydrogens is 392 g/mol. The van der Waals surface area contributed by atoms with Gasteiger partial charge in [-0.25, -0.2) is 0 Å². The Morgan fingerprint density at radius 1 is 0.625 bits per heavy atom. The lowest BCUT2D eigenvalue weighted by molar-refractivity contribution is -0.0691. The predicted molar refractivity (Wildman–Crippen MR) is 143 cm³/mol. The number of rotatable bonds is 16. The molecule has 0 aliphatic carbocycles. The summed E-state index contributed by atoms with van der Waals surface area (Å²) in [5.74, 6) is 0. The number of aliphatic hydroxyl groups is 2. The summed E-state index contributed by atoms with van der Waals surface area (Å²) in [4.78, 5) is 0. The second-order valence-electron chi connectivity index (χ2n) is 10.3. The lowest BCUT2D eigenvalue weighted by Crippen LogP contribution is -2.39. The Labute approximate surface area is 199 Å². The third-order valence-electron chi connectivity index (χ3n) is 6.01. The fraction of sp³-hybridized carbons (Fsp3) is 0.667. The van der Waals surface area contributed by atoms with Crippen LogP contribution < -0.4 is 0 Å². The molecule has 2 N–H and O–H groups in total. The number of allylic oxidation sites excluding steroid dienone is 10. The highest BCUT2D eigenvalue weighted by atomic mass is 16.3. The Kier molecular flexibility index (Phi) is 16.4. The van der Waals surface area contributed by atoms with Gasteiger partial charge >= 0.3 is 0 Å². The highest BCUT2D eigenvalue weighted by Crippen LogP contribution is 2.23. The lowest BCUT2D eigenvalue weighted by atomic mass is 9.89. The molecule has 184 valence electrons. The van der Waals surface area contributed by atoms with Crippen molar-refractivity contribution in [1.29, 1.82) is 0 Å². The predicted octanol–water partition coefficient (Wildman–Crippen LogP) is 8.77. The molecule has 0 saturated heterocycles. The summed E-state index contributed by atoms with van der Waals surface area (Å²) in [5.41, 5.74) is 5.88. The van der Waals surface area contributed by atoms with Crippen molar-refractivity contribution in [2.24, 2.45) is 0 Å². The van der Waals surface area contributed by atoms with Gasteiger partial charge in [0.1, 0.15) is 0 Å². The van der Waals surface area contributed by atoms with E-state index in [0.717, 1.165) is 51.4 Å². The molecule has 0 aromatic rings. The highest BCUT2D eigenvalue weighted by molar-refractivity contribution is 5.06. The minimum absolute atomic E-state index is 0.594. The molecule has 0 spiro atoms. The minimum Gasteiger partial charge on any atom is -0.390 e. The maximum Gasteiger partial charge on any atom is 0.0880 e. The van der Waals surface area contributed by atoms with E-state index in [1.165, 1.54) is 27.9 Å². The van der Waals surface area contributed by atoms with E-state index in [1.54, 1.807) is 6.92 Å². The summed E-state index contributed by atoms with van der Waals surface area (Å²) in [7, 11) is 0. The van der Waals surface area contributed by atoms with Crippen molar-refractivity contribution in [3.05, 3.63) is 58.2 Å². The Morgan fingerprint density at radius 3 is 1.53 bits per heavy atom. The molecule has 0 rings (SSSR count). The maximum absolute atomic E-state index is 10.5. The molecule has 0 fully saturated rings. The summed E-state index contributed by atoms with van der Waals surface area (Å²) >= 11 is 0. The number of hydrogen-bond donors (Lipinski definition) is 2. The van der Waals surface area contributed by atoms with Crippen molar-refractivity contribution < 1.29 is 10.2 Å². The lowest BCUT2D eigenvalue weighted by Gasteiger charge is -2.29. The smallest absolute Gasteiger partial charge is 0.0880 e. The Balaban J connectivity index is 4.22. The van der Waals surface area contributed by atoms with E-state index in [2.05, 4.69) is 78.8 Å². The van der Waals surface area contributed by atoms with Crippen LogP contribution in [0.25, 0.3) is 0 Å². The van der Waals surface area contributed by atoms with E-state index < -0.39 is 11.7 Å². The first kappa shape index (κ1) is 30.6. The minimum atomic E-state index is -1.02. The van der Waals surface area contributed by atoms with Gasteiger partial charge in [0.25, 0.3) is 0 Å². The summed E-state index contributed by atoms with van der Waals surface area (Å²) < 4.78 is 0. The van der Waals surface area contributed by atoms with Gasteiger partial charge in [-0.05, 0) is 120 Å². The van der Waals surface area contributed by atoms with Crippen LogP contribution in [0, 0.1) is 0 Å². The normalized spacial score (nSPS) is 15.9. The van der Waals surface area contributed by atoms with Crippen LogP contribution >= 0.6 is 0 Å². The highest BCUT2D eigenvalue weighted by Gasteiger charge is 2.28. The molecule has 0 aliphatic heterocycles. The molecule has 32 heavy (non-hydrogen) atoms. The van der Waals surface area contributed by atoms with Crippen LogP contribution in [0.3, 0.4) is 0 Å². The molecular formula is C30H52O2. The van der Waals surface area contributed by atoms with E-state index in [9.17, 15) is 10.2 Å². The van der Waals surface area contributed by atoms with E-state index in [1.807, 2.05) is 0 Å². The topological polar surface area (TPSA) is 40.5 Å². The summed E-state index contributed by atoms with van der Waals surface area (Å²) in [6.07, 6.45) is 20.3.